The van der Waals surface area contributed by atoms with Gasteiger partial charge in [-0.2, -0.15) is 0 Å². The van der Waals surface area contributed by atoms with Crippen molar-refractivity contribution in [1.82, 2.24) is 10.2 Å². The molecule has 5 nitrogen and oxygen atoms in total. The summed E-state index contributed by atoms with van der Waals surface area (Å²) in [4.78, 5) is 26.8. The van der Waals surface area contributed by atoms with Crippen LogP contribution in [0.3, 0.4) is 0 Å². The van der Waals surface area contributed by atoms with Gasteiger partial charge in [0.25, 0.3) is 5.91 Å². The molecule has 1 N–H and O–H groups in total. The Kier molecular flexibility index (Phi) is 6.50. The molecule has 0 heterocycles. The molecule has 0 aliphatic rings. The van der Waals surface area contributed by atoms with Gasteiger partial charge in [-0.05, 0) is 36.4 Å². The van der Waals surface area contributed by atoms with Gasteiger partial charge < -0.3 is 15.0 Å². The van der Waals surface area contributed by atoms with E-state index in [1.807, 2.05) is 73.7 Å². The number of carbonyl (C=O) groups is 2. The van der Waals surface area contributed by atoms with Crippen molar-refractivity contribution in [1.29, 1.82) is 0 Å². The van der Waals surface area contributed by atoms with Crippen molar-refractivity contribution < 1.29 is 14.3 Å². The number of likely N-dealkylation sites (N-methyl/N-ethyl adjacent to an activating group) is 1. The van der Waals surface area contributed by atoms with Crippen LogP contribution < -0.4 is 10.1 Å². The van der Waals surface area contributed by atoms with Crippen molar-refractivity contribution in [3.05, 3.63) is 77.9 Å². The average molecular weight is 390 g/mol. The molecule has 5 heteroatoms. The van der Waals surface area contributed by atoms with Gasteiger partial charge in [0.15, 0.2) is 6.61 Å². The van der Waals surface area contributed by atoms with Gasteiger partial charge in [-0.1, -0.05) is 60.7 Å². The minimum atomic E-state index is -0.608. The van der Waals surface area contributed by atoms with Gasteiger partial charge in [0.05, 0.1) is 0 Å². The Labute approximate surface area is 171 Å². The topological polar surface area (TPSA) is 58.6 Å². The molecule has 2 amide bonds. The fourth-order valence-corrected chi connectivity index (χ4v) is 3.31. The summed E-state index contributed by atoms with van der Waals surface area (Å²) in [6.07, 6.45) is 0. The van der Waals surface area contributed by atoms with Gasteiger partial charge in [-0.3, -0.25) is 9.59 Å². The van der Waals surface area contributed by atoms with Crippen LogP contribution in [0.15, 0.2) is 66.7 Å². The lowest BCUT2D eigenvalue weighted by atomic mass is 10.1. The second kappa shape index (κ2) is 9.24. The van der Waals surface area contributed by atoms with Gasteiger partial charge >= 0.3 is 0 Å². The Hall–Kier alpha value is -3.34. The lowest BCUT2D eigenvalue weighted by Crippen LogP contribution is -2.48. The molecule has 3 rings (SSSR count). The second-order valence-electron chi connectivity index (χ2n) is 7.00. The highest BCUT2D eigenvalue weighted by Crippen LogP contribution is 2.25. The zero-order valence-electron chi connectivity index (χ0n) is 17.0. The lowest BCUT2D eigenvalue weighted by Gasteiger charge is -2.29. The molecule has 0 aromatic heterocycles. The predicted octanol–water partition coefficient (Wildman–Crippen LogP) is 3.69. The second-order valence-corrected chi connectivity index (χ2v) is 7.00. The Morgan fingerprint density at radius 1 is 1.00 bits per heavy atom. The number of ether oxygens (including phenoxy) is 1. The lowest BCUT2D eigenvalue weighted by molar-refractivity contribution is -0.142. The Balaban J connectivity index is 1.80. The van der Waals surface area contributed by atoms with Crippen LogP contribution in [0, 0.1) is 6.92 Å². The van der Waals surface area contributed by atoms with E-state index in [-0.39, 0.29) is 18.4 Å². The number of benzene rings is 3. The first-order valence-electron chi connectivity index (χ1n) is 9.67. The Morgan fingerprint density at radius 3 is 2.45 bits per heavy atom. The monoisotopic (exact) mass is 390 g/mol. The number of hydrogen-bond donors (Lipinski definition) is 1. The van der Waals surface area contributed by atoms with Crippen LogP contribution in [0.1, 0.15) is 18.1 Å². The van der Waals surface area contributed by atoms with Crippen molar-refractivity contribution in [3.63, 3.8) is 0 Å². The molecule has 0 aliphatic carbocycles. The van der Waals surface area contributed by atoms with Crippen molar-refractivity contribution in [2.75, 3.05) is 13.7 Å². The molecule has 0 spiro atoms. The Morgan fingerprint density at radius 2 is 1.69 bits per heavy atom. The van der Waals surface area contributed by atoms with Crippen molar-refractivity contribution in [3.8, 4) is 5.75 Å². The fraction of sp³-hybridized carbons (Fsp3) is 0.250. The number of carbonyl (C=O) groups excluding carboxylic acids is 2. The summed E-state index contributed by atoms with van der Waals surface area (Å²) in [6, 6.07) is 20.9. The van der Waals surface area contributed by atoms with Gasteiger partial charge in [0, 0.05) is 19.0 Å². The van der Waals surface area contributed by atoms with Gasteiger partial charge in [0.1, 0.15) is 11.8 Å². The number of hydrogen-bond acceptors (Lipinski definition) is 3. The van der Waals surface area contributed by atoms with Gasteiger partial charge in [-0.15, -0.1) is 0 Å². The first kappa shape index (κ1) is 20.4. The summed E-state index contributed by atoms with van der Waals surface area (Å²) in [5.41, 5.74) is 2.08. The molecule has 0 saturated heterocycles. The molecule has 1 unspecified atom stereocenters. The Bertz CT molecular complexity index is 1010. The van der Waals surface area contributed by atoms with E-state index >= 15 is 0 Å². The molecule has 0 saturated carbocycles. The molecule has 150 valence electrons. The minimum Gasteiger partial charge on any atom is -0.483 e. The van der Waals surface area contributed by atoms with Gasteiger partial charge in [-0.25, -0.2) is 0 Å². The van der Waals surface area contributed by atoms with Crippen LogP contribution in [-0.2, 0) is 16.1 Å². The van der Waals surface area contributed by atoms with Crippen LogP contribution in [-0.4, -0.2) is 36.4 Å². The smallest absolute Gasteiger partial charge is 0.261 e. The van der Waals surface area contributed by atoms with E-state index in [0.29, 0.717) is 12.3 Å². The average Bonchev–Trinajstić information content (AvgIpc) is 2.75. The summed E-state index contributed by atoms with van der Waals surface area (Å²) < 4.78 is 5.87. The number of nitrogens with zero attached hydrogens (tertiary/aromatic N) is 1. The minimum absolute atomic E-state index is 0.138. The maximum Gasteiger partial charge on any atom is 0.261 e. The predicted molar refractivity (Wildman–Crippen MR) is 115 cm³/mol. The van der Waals surface area contributed by atoms with E-state index in [2.05, 4.69) is 5.32 Å². The maximum absolute atomic E-state index is 13.1. The van der Waals surface area contributed by atoms with Crippen LogP contribution >= 0.6 is 0 Å². The molecule has 29 heavy (non-hydrogen) atoms. The molecular weight excluding hydrogens is 364 g/mol. The molecule has 0 fully saturated rings. The third-order valence-corrected chi connectivity index (χ3v) is 5.12. The van der Waals surface area contributed by atoms with Crippen LogP contribution in [0.25, 0.3) is 10.8 Å². The fourth-order valence-electron chi connectivity index (χ4n) is 3.31. The zero-order valence-corrected chi connectivity index (χ0v) is 17.0. The summed E-state index contributed by atoms with van der Waals surface area (Å²) in [7, 11) is 1.57. The van der Waals surface area contributed by atoms with Crippen LogP contribution in [0.2, 0.25) is 0 Å². The molecule has 3 aromatic rings. The maximum atomic E-state index is 13.1. The summed E-state index contributed by atoms with van der Waals surface area (Å²) >= 11 is 0. The van der Waals surface area contributed by atoms with Crippen molar-refractivity contribution in [2.24, 2.45) is 0 Å². The van der Waals surface area contributed by atoms with E-state index in [9.17, 15) is 9.59 Å². The molecule has 1 atom stereocenters. The van der Waals surface area contributed by atoms with E-state index in [1.165, 1.54) is 0 Å². The summed E-state index contributed by atoms with van der Waals surface area (Å²) in [5.74, 6) is 0.203. The molecular formula is C24H26N2O3. The third kappa shape index (κ3) is 4.74. The molecule has 3 aromatic carbocycles. The number of nitrogens with one attached hydrogen (secondary N) is 1. The number of aryl methyl sites for hydroxylation is 1. The van der Waals surface area contributed by atoms with E-state index < -0.39 is 6.04 Å². The van der Waals surface area contributed by atoms with Crippen molar-refractivity contribution >= 4 is 22.6 Å². The highest BCUT2D eigenvalue weighted by atomic mass is 16.5. The van der Waals surface area contributed by atoms with Crippen LogP contribution in [0.5, 0.6) is 5.75 Å². The van der Waals surface area contributed by atoms with Gasteiger partial charge in [0.2, 0.25) is 5.91 Å². The summed E-state index contributed by atoms with van der Waals surface area (Å²) in [6.45, 7) is 3.93. The van der Waals surface area contributed by atoms with Crippen molar-refractivity contribution in [2.45, 2.75) is 26.4 Å². The number of rotatable bonds is 7. The highest BCUT2D eigenvalue weighted by molar-refractivity contribution is 5.90. The SMILES string of the molecule is CNC(=O)C(C)N(Cc1ccccc1C)C(=O)COc1cccc2ccccc12. The zero-order chi connectivity index (χ0) is 20.8. The van der Waals surface area contributed by atoms with Crippen LogP contribution in [0.4, 0.5) is 0 Å². The quantitative estimate of drug-likeness (QED) is 0.669. The largest absolute Gasteiger partial charge is 0.483 e. The molecule has 0 bridgehead atoms. The molecule has 0 aliphatic heterocycles. The number of fused-ring (bicyclic) bond motifs is 1. The summed E-state index contributed by atoms with van der Waals surface area (Å²) in [5, 5.41) is 4.63. The first-order chi connectivity index (χ1) is 14.0. The standard InChI is InChI=1S/C24H26N2O3/c1-17-9-4-5-11-20(17)15-26(18(2)24(28)25-3)23(27)16-29-22-14-8-12-19-10-6-7-13-21(19)22/h4-14,18H,15-16H2,1-3H3,(H,25,28). The highest BCUT2D eigenvalue weighted by Gasteiger charge is 2.26. The normalized spacial score (nSPS) is 11.7. The number of amides is 2. The van der Waals surface area contributed by atoms with E-state index in [0.717, 1.165) is 21.9 Å². The van der Waals surface area contributed by atoms with E-state index in [1.54, 1.807) is 18.9 Å². The first-order valence-corrected chi connectivity index (χ1v) is 9.67. The molecule has 0 radical (unpaired) electrons. The third-order valence-electron chi connectivity index (χ3n) is 5.12. The van der Waals surface area contributed by atoms with E-state index in [4.69, 9.17) is 4.74 Å².